The third-order valence-corrected chi connectivity index (χ3v) is 7.01. The number of hydrogen-bond acceptors (Lipinski definition) is 5. The summed E-state index contributed by atoms with van der Waals surface area (Å²) in [4.78, 5) is 30.2. The molecule has 0 aliphatic heterocycles. The molecule has 152 valence electrons. The number of amides is 2. The molecule has 4 rings (SSSR count). The molecule has 0 spiro atoms. The molecular formula is C22H24N2O3S2. The van der Waals surface area contributed by atoms with E-state index in [1.807, 2.05) is 41.1 Å². The van der Waals surface area contributed by atoms with Crippen LogP contribution in [0.2, 0.25) is 0 Å². The summed E-state index contributed by atoms with van der Waals surface area (Å²) in [6, 6.07) is 10.9. The van der Waals surface area contributed by atoms with Crippen LogP contribution in [-0.2, 0) is 22.6 Å². The largest absolute Gasteiger partial charge is 0.467 e. The molecule has 3 aromatic heterocycles. The van der Waals surface area contributed by atoms with Crippen molar-refractivity contribution in [3.8, 4) is 0 Å². The van der Waals surface area contributed by atoms with Crippen LogP contribution in [0.4, 0.5) is 0 Å². The zero-order valence-electron chi connectivity index (χ0n) is 16.1. The predicted octanol–water partition coefficient (Wildman–Crippen LogP) is 4.77. The van der Waals surface area contributed by atoms with E-state index in [4.69, 9.17) is 4.42 Å². The Balaban J connectivity index is 1.62. The van der Waals surface area contributed by atoms with E-state index in [2.05, 4.69) is 5.32 Å². The normalized spacial score (nSPS) is 15.3. The molecule has 1 fully saturated rings. The molecular weight excluding hydrogens is 404 g/mol. The summed E-state index contributed by atoms with van der Waals surface area (Å²) in [5.74, 6) is 0.481. The Hall–Kier alpha value is -2.38. The predicted molar refractivity (Wildman–Crippen MR) is 115 cm³/mol. The Morgan fingerprint density at radius 3 is 2.55 bits per heavy atom. The van der Waals surface area contributed by atoms with Crippen LogP contribution >= 0.6 is 22.7 Å². The highest BCUT2D eigenvalue weighted by Crippen LogP contribution is 2.29. The average Bonchev–Trinajstić information content (AvgIpc) is 3.49. The first-order valence-corrected chi connectivity index (χ1v) is 11.6. The zero-order valence-corrected chi connectivity index (χ0v) is 17.7. The molecule has 5 nitrogen and oxygen atoms in total. The maximum Gasteiger partial charge on any atom is 0.248 e. The van der Waals surface area contributed by atoms with E-state index in [0.717, 1.165) is 35.4 Å². The summed E-state index contributed by atoms with van der Waals surface area (Å²) in [5.41, 5.74) is 0. The molecule has 7 heteroatoms. The first-order chi connectivity index (χ1) is 14.2. The van der Waals surface area contributed by atoms with Crippen molar-refractivity contribution in [2.24, 2.45) is 0 Å². The Morgan fingerprint density at radius 1 is 1.10 bits per heavy atom. The van der Waals surface area contributed by atoms with E-state index >= 15 is 0 Å². The van der Waals surface area contributed by atoms with Crippen molar-refractivity contribution in [2.45, 2.75) is 50.7 Å². The van der Waals surface area contributed by atoms with Crippen LogP contribution in [0.15, 0.2) is 57.8 Å². The van der Waals surface area contributed by atoms with Crippen LogP contribution in [0.1, 0.15) is 47.2 Å². The van der Waals surface area contributed by atoms with Crippen LogP contribution in [0.25, 0.3) is 0 Å². The maximum absolute atomic E-state index is 13.3. The fraction of sp³-hybridized carbons (Fsp3) is 0.364. The number of carbonyl (C=O) groups is 2. The van der Waals surface area contributed by atoms with Gasteiger partial charge in [0.1, 0.15) is 11.8 Å². The van der Waals surface area contributed by atoms with Gasteiger partial charge >= 0.3 is 0 Å². The number of furan rings is 1. The number of carbonyl (C=O) groups excluding carboxylic acids is 2. The first kappa shape index (κ1) is 19.9. The van der Waals surface area contributed by atoms with Gasteiger partial charge in [0.2, 0.25) is 11.8 Å². The third kappa shape index (κ3) is 4.97. The minimum atomic E-state index is -0.659. The lowest BCUT2D eigenvalue weighted by atomic mass is 10.1. The molecule has 1 N–H and O–H groups in total. The molecule has 0 saturated heterocycles. The van der Waals surface area contributed by atoms with E-state index in [9.17, 15) is 9.59 Å². The Morgan fingerprint density at radius 2 is 1.90 bits per heavy atom. The third-order valence-electron chi connectivity index (χ3n) is 5.21. The van der Waals surface area contributed by atoms with Crippen LogP contribution in [0.3, 0.4) is 0 Å². The van der Waals surface area contributed by atoms with E-state index in [1.165, 1.54) is 11.3 Å². The summed E-state index contributed by atoms with van der Waals surface area (Å²) < 4.78 is 5.51. The molecule has 1 unspecified atom stereocenters. The fourth-order valence-corrected chi connectivity index (χ4v) is 5.31. The Labute approximate surface area is 178 Å². The van der Waals surface area contributed by atoms with Crippen LogP contribution in [0.5, 0.6) is 0 Å². The quantitative estimate of drug-likeness (QED) is 0.562. The van der Waals surface area contributed by atoms with Gasteiger partial charge in [-0.2, -0.15) is 0 Å². The van der Waals surface area contributed by atoms with Gasteiger partial charge in [-0.1, -0.05) is 25.0 Å². The lowest BCUT2D eigenvalue weighted by molar-refractivity contribution is -0.141. The minimum Gasteiger partial charge on any atom is -0.467 e. The minimum absolute atomic E-state index is 0.0798. The first-order valence-electron chi connectivity index (χ1n) is 9.88. The van der Waals surface area contributed by atoms with Crippen molar-refractivity contribution in [2.75, 3.05) is 0 Å². The van der Waals surface area contributed by atoms with Gasteiger partial charge < -0.3 is 14.6 Å². The topological polar surface area (TPSA) is 62.6 Å². The van der Waals surface area contributed by atoms with Crippen molar-refractivity contribution < 1.29 is 14.0 Å². The zero-order chi connectivity index (χ0) is 20.1. The van der Waals surface area contributed by atoms with Crippen molar-refractivity contribution in [1.82, 2.24) is 10.2 Å². The summed E-state index contributed by atoms with van der Waals surface area (Å²) in [6.45, 7) is 0.262. The van der Waals surface area contributed by atoms with Gasteiger partial charge in [-0.05, 0) is 47.9 Å². The van der Waals surface area contributed by atoms with Crippen molar-refractivity contribution in [3.63, 3.8) is 0 Å². The van der Waals surface area contributed by atoms with Gasteiger partial charge in [0.05, 0.1) is 19.2 Å². The number of nitrogens with one attached hydrogen (secondary N) is 1. The van der Waals surface area contributed by atoms with Crippen LogP contribution in [0, 0.1) is 0 Å². The average molecular weight is 429 g/mol. The molecule has 2 amide bonds. The Kier molecular flexibility index (Phi) is 6.46. The molecule has 1 atom stereocenters. The van der Waals surface area contributed by atoms with Gasteiger partial charge in [-0.15, -0.1) is 22.7 Å². The van der Waals surface area contributed by atoms with Crippen LogP contribution < -0.4 is 5.32 Å². The molecule has 0 bridgehead atoms. The highest BCUT2D eigenvalue weighted by molar-refractivity contribution is 7.10. The van der Waals surface area contributed by atoms with Gasteiger partial charge in [0, 0.05) is 15.8 Å². The molecule has 0 radical (unpaired) electrons. The van der Waals surface area contributed by atoms with Gasteiger partial charge in [0.15, 0.2) is 0 Å². The molecule has 1 aliphatic rings. The monoisotopic (exact) mass is 428 g/mol. The van der Waals surface area contributed by atoms with E-state index in [0.29, 0.717) is 5.76 Å². The van der Waals surface area contributed by atoms with Crippen molar-refractivity contribution in [3.05, 3.63) is 68.9 Å². The maximum atomic E-state index is 13.3. The summed E-state index contributed by atoms with van der Waals surface area (Å²) >= 11 is 3.05. The van der Waals surface area contributed by atoms with Crippen molar-refractivity contribution >= 4 is 34.5 Å². The molecule has 3 heterocycles. The summed E-state index contributed by atoms with van der Waals surface area (Å²) in [7, 11) is 0. The number of hydrogen-bond donors (Lipinski definition) is 1. The van der Waals surface area contributed by atoms with E-state index < -0.39 is 6.04 Å². The summed E-state index contributed by atoms with van der Waals surface area (Å²) in [6.07, 6.45) is 6.16. The highest BCUT2D eigenvalue weighted by atomic mass is 32.1. The van der Waals surface area contributed by atoms with Gasteiger partial charge in [-0.3, -0.25) is 9.59 Å². The van der Waals surface area contributed by atoms with E-state index in [-0.39, 0.29) is 30.8 Å². The fourth-order valence-electron chi connectivity index (χ4n) is 3.78. The molecule has 29 heavy (non-hydrogen) atoms. The molecule has 1 aliphatic carbocycles. The highest BCUT2D eigenvalue weighted by Gasteiger charge is 2.34. The number of nitrogens with zero attached hydrogens (tertiary/aromatic N) is 1. The molecule has 3 aromatic rings. The number of thiophene rings is 2. The van der Waals surface area contributed by atoms with Crippen LogP contribution in [-0.4, -0.2) is 22.8 Å². The smallest absolute Gasteiger partial charge is 0.248 e. The molecule has 0 aromatic carbocycles. The summed E-state index contributed by atoms with van der Waals surface area (Å²) in [5, 5.41) is 7.09. The van der Waals surface area contributed by atoms with Crippen molar-refractivity contribution in [1.29, 1.82) is 0 Å². The lowest BCUT2D eigenvalue weighted by Gasteiger charge is -2.30. The second-order valence-electron chi connectivity index (χ2n) is 7.27. The second kappa shape index (κ2) is 9.41. The molecule has 1 saturated carbocycles. The van der Waals surface area contributed by atoms with Gasteiger partial charge in [0.25, 0.3) is 0 Å². The Bertz CT molecular complexity index is 898. The van der Waals surface area contributed by atoms with Gasteiger partial charge in [-0.25, -0.2) is 0 Å². The van der Waals surface area contributed by atoms with E-state index in [1.54, 1.807) is 28.6 Å². The SMILES string of the molecule is O=C(NC1CCCC1)C(c1cccs1)N(Cc1ccco1)C(=O)Cc1cccs1. The number of rotatable bonds is 8. The lowest BCUT2D eigenvalue weighted by Crippen LogP contribution is -2.46. The second-order valence-corrected chi connectivity index (χ2v) is 9.28. The standard InChI is InChI=1S/C22H24N2O3S2/c25-20(14-18-9-4-12-28-18)24(15-17-8-3-11-27-17)21(19-10-5-13-29-19)22(26)23-16-6-1-2-7-16/h3-5,8-13,16,21H,1-2,6-7,14-15H2,(H,23,26).